The molecule has 0 amide bonds. The quantitative estimate of drug-likeness (QED) is 0.870. The van der Waals surface area contributed by atoms with Crippen molar-refractivity contribution in [2.45, 2.75) is 46.8 Å². The minimum absolute atomic E-state index is 0.112. The predicted octanol–water partition coefficient (Wildman–Crippen LogP) is 4.60. The summed E-state index contributed by atoms with van der Waals surface area (Å²) >= 11 is 0. The second-order valence-electron chi connectivity index (χ2n) is 5.75. The SMILES string of the molecule is CCC(N)c1ccc(OCc2c(C)cc(C)cc2C)cc1. The van der Waals surface area contributed by atoms with Gasteiger partial charge in [-0.3, -0.25) is 0 Å². The molecule has 2 nitrogen and oxygen atoms in total. The normalized spacial score (nSPS) is 12.2. The van der Waals surface area contributed by atoms with E-state index >= 15 is 0 Å². The van der Waals surface area contributed by atoms with Crippen LogP contribution in [-0.2, 0) is 6.61 Å². The summed E-state index contributed by atoms with van der Waals surface area (Å²) in [7, 11) is 0. The molecule has 2 aromatic carbocycles. The highest BCUT2D eigenvalue weighted by Crippen LogP contribution is 2.21. The average Bonchev–Trinajstić information content (AvgIpc) is 2.46. The molecule has 0 bridgehead atoms. The third-order valence-electron chi connectivity index (χ3n) is 3.97. The van der Waals surface area contributed by atoms with E-state index in [-0.39, 0.29) is 6.04 Å². The molecule has 21 heavy (non-hydrogen) atoms. The van der Waals surface area contributed by atoms with Crippen LogP contribution in [0.15, 0.2) is 36.4 Å². The predicted molar refractivity (Wildman–Crippen MR) is 88.6 cm³/mol. The zero-order chi connectivity index (χ0) is 15.4. The van der Waals surface area contributed by atoms with Gasteiger partial charge in [0.15, 0.2) is 0 Å². The molecule has 0 radical (unpaired) electrons. The minimum atomic E-state index is 0.112. The van der Waals surface area contributed by atoms with Gasteiger partial charge in [0.1, 0.15) is 12.4 Å². The van der Waals surface area contributed by atoms with Gasteiger partial charge in [0.25, 0.3) is 0 Å². The zero-order valence-corrected chi connectivity index (χ0v) is 13.4. The molecule has 0 aliphatic carbocycles. The topological polar surface area (TPSA) is 35.2 Å². The monoisotopic (exact) mass is 283 g/mol. The van der Waals surface area contributed by atoms with E-state index in [2.05, 4.69) is 52.0 Å². The van der Waals surface area contributed by atoms with Gasteiger partial charge in [-0.25, -0.2) is 0 Å². The zero-order valence-electron chi connectivity index (χ0n) is 13.4. The van der Waals surface area contributed by atoms with Crippen LogP contribution in [0.2, 0.25) is 0 Å². The Hall–Kier alpha value is -1.80. The van der Waals surface area contributed by atoms with E-state index in [1.54, 1.807) is 0 Å². The molecule has 0 aromatic heterocycles. The molecular formula is C19H25NO. The molecule has 2 rings (SSSR count). The summed E-state index contributed by atoms with van der Waals surface area (Å²) in [5, 5.41) is 0. The number of hydrogen-bond donors (Lipinski definition) is 1. The number of nitrogens with two attached hydrogens (primary N) is 1. The van der Waals surface area contributed by atoms with Crippen LogP contribution in [0.1, 0.15) is 47.2 Å². The summed E-state index contributed by atoms with van der Waals surface area (Å²) in [6.07, 6.45) is 0.946. The lowest BCUT2D eigenvalue weighted by Gasteiger charge is -2.14. The summed E-state index contributed by atoms with van der Waals surface area (Å²) in [6.45, 7) is 9.11. The number of benzene rings is 2. The van der Waals surface area contributed by atoms with Gasteiger partial charge in [-0.15, -0.1) is 0 Å². The molecule has 0 spiro atoms. The first kappa shape index (κ1) is 15.6. The van der Waals surface area contributed by atoms with E-state index in [9.17, 15) is 0 Å². The Kier molecular flexibility index (Phi) is 5.03. The highest BCUT2D eigenvalue weighted by molar-refractivity contribution is 5.37. The van der Waals surface area contributed by atoms with E-state index in [0.29, 0.717) is 6.61 Å². The Morgan fingerprint density at radius 1 is 1.00 bits per heavy atom. The van der Waals surface area contributed by atoms with Gasteiger partial charge in [0.05, 0.1) is 0 Å². The summed E-state index contributed by atoms with van der Waals surface area (Å²) in [5.74, 6) is 0.890. The largest absolute Gasteiger partial charge is 0.489 e. The van der Waals surface area contributed by atoms with E-state index < -0.39 is 0 Å². The van der Waals surface area contributed by atoms with E-state index in [1.165, 1.54) is 22.3 Å². The number of ether oxygens (including phenoxy) is 1. The van der Waals surface area contributed by atoms with Crippen molar-refractivity contribution in [3.8, 4) is 5.75 Å². The Balaban J connectivity index is 2.07. The smallest absolute Gasteiger partial charge is 0.119 e. The van der Waals surface area contributed by atoms with Crippen molar-refractivity contribution in [3.05, 3.63) is 64.2 Å². The molecule has 2 N–H and O–H groups in total. The second-order valence-corrected chi connectivity index (χ2v) is 5.75. The third kappa shape index (κ3) is 3.85. The summed E-state index contributed by atoms with van der Waals surface area (Å²) < 4.78 is 5.92. The molecule has 0 saturated carbocycles. The molecular weight excluding hydrogens is 258 g/mol. The number of hydrogen-bond acceptors (Lipinski definition) is 2. The maximum atomic E-state index is 6.02. The molecule has 2 heteroatoms. The van der Waals surface area contributed by atoms with Crippen molar-refractivity contribution in [2.75, 3.05) is 0 Å². The molecule has 0 aliphatic heterocycles. The first-order valence-electron chi connectivity index (χ1n) is 7.56. The van der Waals surface area contributed by atoms with Crippen LogP contribution in [-0.4, -0.2) is 0 Å². The van der Waals surface area contributed by atoms with Crippen molar-refractivity contribution < 1.29 is 4.74 Å². The fourth-order valence-electron chi connectivity index (χ4n) is 2.64. The average molecular weight is 283 g/mol. The molecule has 0 saturated heterocycles. The second kappa shape index (κ2) is 6.77. The van der Waals surface area contributed by atoms with Gasteiger partial charge < -0.3 is 10.5 Å². The fourth-order valence-corrected chi connectivity index (χ4v) is 2.64. The van der Waals surface area contributed by atoms with Crippen molar-refractivity contribution in [3.63, 3.8) is 0 Å². The molecule has 112 valence electrons. The van der Waals surface area contributed by atoms with E-state index in [4.69, 9.17) is 10.5 Å². The van der Waals surface area contributed by atoms with Crippen molar-refractivity contribution >= 4 is 0 Å². The Morgan fingerprint density at radius 2 is 1.57 bits per heavy atom. The molecule has 0 aliphatic rings. The highest BCUT2D eigenvalue weighted by atomic mass is 16.5. The van der Waals surface area contributed by atoms with E-state index in [0.717, 1.165) is 17.7 Å². The first-order chi connectivity index (χ1) is 10.0. The van der Waals surface area contributed by atoms with Gasteiger partial charge in [0.2, 0.25) is 0 Å². The van der Waals surface area contributed by atoms with Gasteiger partial charge in [-0.1, -0.05) is 36.8 Å². The molecule has 0 fully saturated rings. The maximum absolute atomic E-state index is 6.02. The van der Waals surface area contributed by atoms with Crippen LogP contribution in [0.25, 0.3) is 0 Å². The highest BCUT2D eigenvalue weighted by Gasteiger charge is 2.06. The van der Waals surface area contributed by atoms with Crippen LogP contribution >= 0.6 is 0 Å². The van der Waals surface area contributed by atoms with E-state index in [1.807, 2.05) is 12.1 Å². The third-order valence-corrected chi connectivity index (χ3v) is 3.97. The van der Waals surface area contributed by atoms with Crippen molar-refractivity contribution in [2.24, 2.45) is 5.73 Å². The van der Waals surface area contributed by atoms with Gasteiger partial charge in [-0.2, -0.15) is 0 Å². The minimum Gasteiger partial charge on any atom is -0.489 e. The summed E-state index contributed by atoms with van der Waals surface area (Å²) in [6, 6.07) is 12.6. The van der Waals surface area contributed by atoms with Crippen molar-refractivity contribution in [1.29, 1.82) is 0 Å². The Morgan fingerprint density at radius 3 is 2.10 bits per heavy atom. The molecule has 0 heterocycles. The molecule has 1 unspecified atom stereocenters. The standard InChI is InChI=1S/C19H25NO/c1-5-19(20)16-6-8-17(9-7-16)21-12-18-14(3)10-13(2)11-15(18)4/h6-11,19H,5,12,20H2,1-4H3. The van der Waals surface area contributed by atoms with Crippen LogP contribution in [0, 0.1) is 20.8 Å². The van der Waals surface area contributed by atoms with Gasteiger partial charge in [0, 0.05) is 6.04 Å². The Labute approximate surface area is 127 Å². The molecule has 2 aromatic rings. The lowest BCUT2D eigenvalue weighted by molar-refractivity contribution is 0.304. The fraction of sp³-hybridized carbons (Fsp3) is 0.368. The summed E-state index contributed by atoms with van der Waals surface area (Å²) in [5.41, 5.74) is 12.3. The lowest BCUT2D eigenvalue weighted by Crippen LogP contribution is -2.08. The van der Waals surface area contributed by atoms with Crippen LogP contribution in [0.4, 0.5) is 0 Å². The Bertz CT molecular complexity index is 578. The van der Waals surface area contributed by atoms with Gasteiger partial charge >= 0.3 is 0 Å². The van der Waals surface area contributed by atoms with Gasteiger partial charge in [-0.05, 0) is 61.6 Å². The molecule has 1 atom stereocenters. The van der Waals surface area contributed by atoms with Crippen LogP contribution < -0.4 is 10.5 Å². The van der Waals surface area contributed by atoms with Crippen LogP contribution in [0.3, 0.4) is 0 Å². The van der Waals surface area contributed by atoms with Crippen molar-refractivity contribution in [1.82, 2.24) is 0 Å². The lowest BCUT2D eigenvalue weighted by atomic mass is 10.0. The first-order valence-corrected chi connectivity index (χ1v) is 7.56. The van der Waals surface area contributed by atoms with Crippen LogP contribution in [0.5, 0.6) is 5.75 Å². The number of aryl methyl sites for hydroxylation is 3. The number of rotatable bonds is 5. The summed E-state index contributed by atoms with van der Waals surface area (Å²) in [4.78, 5) is 0. The maximum Gasteiger partial charge on any atom is 0.119 e.